The van der Waals surface area contributed by atoms with Crippen LogP contribution in [0.3, 0.4) is 0 Å². The van der Waals surface area contributed by atoms with E-state index in [1.807, 2.05) is 6.08 Å². The highest BCUT2D eigenvalue weighted by molar-refractivity contribution is 5.60. The van der Waals surface area contributed by atoms with Gasteiger partial charge in [0, 0.05) is 18.7 Å². The van der Waals surface area contributed by atoms with E-state index in [2.05, 4.69) is 0 Å². The van der Waals surface area contributed by atoms with Crippen LogP contribution < -0.4 is 5.56 Å². The van der Waals surface area contributed by atoms with Crippen molar-refractivity contribution in [2.24, 2.45) is 0 Å². The summed E-state index contributed by atoms with van der Waals surface area (Å²) in [5.74, 6) is 0.279. The van der Waals surface area contributed by atoms with E-state index in [0.29, 0.717) is 12.1 Å². The van der Waals surface area contributed by atoms with Gasteiger partial charge in [-0.3, -0.25) is 9.36 Å². The van der Waals surface area contributed by atoms with Gasteiger partial charge in [-0.1, -0.05) is 12.1 Å². The fourth-order valence-corrected chi connectivity index (χ4v) is 1.49. The Balaban J connectivity index is 2.55. The smallest absolute Gasteiger partial charge is 0.255 e. The molecule has 0 unspecified atom stereocenters. The highest BCUT2D eigenvalue weighted by Crippen LogP contribution is 2.18. The van der Waals surface area contributed by atoms with E-state index in [9.17, 15) is 9.90 Å². The van der Waals surface area contributed by atoms with Crippen molar-refractivity contribution in [3.63, 3.8) is 0 Å². The molecule has 2 rings (SSSR count). The molecular formula is C11H11NO2. The number of rotatable bonds is 1. The third-order valence-corrected chi connectivity index (χ3v) is 2.20. The molecule has 0 saturated heterocycles. The summed E-state index contributed by atoms with van der Waals surface area (Å²) in [6.45, 7) is 0. The quantitative estimate of drug-likeness (QED) is 0.733. The van der Waals surface area contributed by atoms with Gasteiger partial charge < -0.3 is 5.11 Å². The predicted molar refractivity (Wildman–Crippen MR) is 54.9 cm³/mol. The molecule has 0 bridgehead atoms. The molecule has 0 atom stereocenters. The Morgan fingerprint density at radius 2 is 2.21 bits per heavy atom. The minimum Gasteiger partial charge on any atom is -0.510 e. The van der Waals surface area contributed by atoms with Crippen LogP contribution in [0.5, 0.6) is 0 Å². The first kappa shape index (κ1) is 8.81. The van der Waals surface area contributed by atoms with Crippen LogP contribution >= 0.6 is 0 Å². The zero-order chi connectivity index (χ0) is 9.97. The van der Waals surface area contributed by atoms with Crippen LogP contribution in [0.4, 0.5) is 0 Å². The Hall–Kier alpha value is -1.77. The van der Waals surface area contributed by atoms with Crippen LogP contribution in [0.2, 0.25) is 0 Å². The van der Waals surface area contributed by atoms with E-state index in [1.165, 1.54) is 10.6 Å². The second-order valence-corrected chi connectivity index (χ2v) is 3.18. The van der Waals surface area contributed by atoms with Gasteiger partial charge in [0.05, 0.1) is 5.70 Å². The number of pyridine rings is 1. The molecule has 1 aromatic rings. The van der Waals surface area contributed by atoms with Gasteiger partial charge in [-0.15, -0.1) is 0 Å². The summed E-state index contributed by atoms with van der Waals surface area (Å²) < 4.78 is 1.45. The molecule has 1 aromatic heterocycles. The van der Waals surface area contributed by atoms with Gasteiger partial charge >= 0.3 is 0 Å². The van der Waals surface area contributed by atoms with Crippen LogP contribution in [0.1, 0.15) is 12.8 Å². The Labute approximate surface area is 81.6 Å². The Morgan fingerprint density at radius 1 is 1.36 bits per heavy atom. The van der Waals surface area contributed by atoms with Crippen LogP contribution in [-0.4, -0.2) is 9.67 Å². The lowest BCUT2D eigenvalue weighted by Crippen LogP contribution is -2.18. The van der Waals surface area contributed by atoms with Gasteiger partial charge in [-0.2, -0.15) is 0 Å². The molecule has 0 radical (unpaired) electrons. The van der Waals surface area contributed by atoms with Gasteiger partial charge in [0.2, 0.25) is 0 Å². The lowest BCUT2D eigenvalue weighted by Gasteiger charge is -2.12. The first-order valence-electron chi connectivity index (χ1n) is 4.56. The normalized spacial score (nSPS) is 16.0. The molecule has 72 valence electrons. The number of aliphatic hydroxyl groups excluding tert-OH is 1. The molecule has 0 amide bonds. The summed E-state index contributed by atoms with van der Waals surface area (Å²) in [4.78, 5) is 11.4. The van der Waals surface area contributed by atoms with Crippen LogP contribution in [0, 0.1) is 0 Å². The Morgan fingerprint density at radius 3 is 2.93 bits per heavy atom. The molecule has 1 aliphatic carbocycles. The molecule has 3 heteroatoms. The Kier molecular flexibility index (Phi) is 2.23. The topological polar surface area (TPSA) is 42.2 Å². The van der Waals surface area contributed by atoms with Crippen molar-refractivity contribution in [3.05, 3.63) is 52.7 Å². The van der Waals surface area contributed by atoms with Crippen molar-refractivity contribution in [3.8, 4) is 0 Å². The Bertz CT molecular complexity index is 454. The molecule has 0 saturated carbocycles. The van der Waals surface area contributed by atoms with E-state index in [-0.39, 0.29) is 11.3 Å². The maximum Gasteiger partial charge on any atom is 0.255 e. The molecule has 0 spiro atoms. The molecule has 14 heavy (non-hydrogen) atoms. The van der Waals surface area contributed by atoms with Gasteiger partial charge in [0.25, 0.3) is 5.56 Å². The van der Waals surface area contributed by atoms with Crippen molar-refractivity contribution in [1.82, 2.24) is 4.57 Å². The third-order valence-electron chi connectivity index (χ3n) is 2.20. The number of hydrogen-bond donors (Lipinski definition) is 1. The fraction of sp³-hybridized carbons (Fsp3) is 0.182. The third kappa shape index (κ3) is 1.48. The van der Waals surface area contributed by atoms with Crippen molar-refractivity contribution in [1.29, 1.82) is 0 Å². The summed E-state index contributed by atoms with van der Waals surface area (Å²) in [6, 6.07) is 4.93. The number of nitrogens with zero attached hydrogens (tertiary/aromatic N) is 1. The number of aromatic nitrogens is 1. The van der Waals surface area contributed by atoms with Crippen molar-refractivity contribution in [2.45, 2.75) is 12.8 Å². The van der Waals surface area contributed by atoms with E-state index in [4.69, 9.17) is 0 Å². The van der Waals surface area contributed by atoms with Gasteiger partial charge in [-0.05, 0) is 18.6 Å². The van der Waals surface area contributed by atoms with Crippen LogP contribution in [0.25, 0.3) is 5.70 Å². The number of allylic oxidation sites excluding steroid dienone is 4. The average Bonchev–Trinajstić information content (AvgIpc) is 2.20. The first-order chi connectivity index (χ1) is 6.79. The molecule has 1 N–H and O–H groups in total. The second-order valence-electron chi connectivity index (χ2n) is 3.18. The van der Waals surface area contributed by atoms with Crippen LogP contribution in [0.15, 0.2) is 47.1 Å². The fourth-order valence-electron chi connectivity index (χ4n) is 1.49. The largest absolute Gasteiger partial charge is 0.510 e. The molecule has 0 fully saturated rings. The SMILES string of the molecule is O=c1ccccn1C1=C(O)CCC=C1. The second kappa shape index (κ2) is 3.54. The maximum absolute atomic E-state index is 11.4. The highest BCUT2D eigenvalue weighted by atomic mass is 16.3. The van der Waals surface area contributed by atoms with Gasteiger partial charge in [0.1, 0.15) is 5.76 Å². The van der Waals surface area contributed by atoms with E-state index in [1.54, 1.807) is 24.4 Å². The van der Waals surface area contributed by atoms with Crippen molar-refractivity contribution in [2.75, 3.05) is 0 Å². The summed E-state index contributed by atoms with van der Waals surface area (Å²) in [5.41, 5.74) is 0.461. The lowest BCUT2D eigenvalue weighted by molar-refractivity contribution is 0.387. The summed E-state index contributed by atoms with van der Waals surface area (Å²) >= 11 is 0. The molecule has 1 aliphatic rings. The summed E-state index contributed by atoms with van der Waals surface area (Å²) in [5, 5.41) is 9.62. The zero-order valence-corrected chi connectivity index (χ0v) is 7.68. The molecule has 3 nitrogen and oxygen atoms in total. The zero-order valence-electron chi connectivity index (χ0n) is 7.68. The van der Waals surface area contributed by atoms with E-state index < -0.39 is 0 Å². The number of hydrogen-bond acceptors (Lipinski definition) is 2. The molecular weight excluding hydrogens is 178 g/mol. The first-order valence-corrected chi connectivity index (χ1v) is 4.56. The maximum atomic E-state index is 11.4. The van der Waals surface area contributed by atoms with Crippen molar-refractivity contribution >= 4 is 5.70 Å². The van der Waals surface area contributed by atoms with Crippen molar-refractivity contribution < 1.29 is 5.11 Å². The monoisotopic (exact) mass is 189 g/mol. The molecule has 0 aliphatic heterocycles. The van der Waals surface area contributed by atoms with Gasteiger partial charge in [0.15, 0.2) is 0 Å². The van der Waals surface area contributed by atoms with E-state index >= 15 is 0 Å². The standard InChI is InChI=1S/C11H11NO2/c13-10-6-2-1-5-9(10)12-8-4-3-7-11(12)14/h1,3-5,7-8,13H,2,6H2. The van der Waals surface area contributed by atoms with Gasteiger partial charge in [-0.25, -0.2) is 0 Å². The predicted octanol–water partition coefficient (Wildman–Crippen LogP) is 1.92. The number of aliphatic hydroxyl groups is 1. The minimum absolute atomic E-state index is 0.124. The molecule has 0 aromatic carbocycles. The summed E-state index contributed by atoms with van der Waals surface area (Å²) in [7, 11) is 0. The van der Waals surface area contributed by atoms with E-state index in [0.717, 1.165) is 6.42 Å². The minimum atomic E-state index is -0.124. The van der Waals surface area contributed by atoms with Crippen LogP contribution in [-0.2, 0) is 0 Å². The molecule has 1 heterocycles. The summed E-state index contributed by atoms with van der Waals surface area (Å²) in [6.07, 6.45) is 6.82. The lowest BCUT2D eigenvalue weighted by atomic mass is 10.1. The highest BCUT2D eigenvalue weighted by Gasteiger charge is 2.08. The average molecular weight is 189 g/mol.